The quantitative estimate of drug-likeness (QED) is 0.735. The minimum atomic E-state index is -4.26. The monoisotopic (exact) mass is 270 g/mol. The highest BCUT2D eigenvalue weighted by Crippen LogP contribution is 2.32. The number of alkyl halides is 3. The van der Waals surface area contributed by atoms with Crippen molar-refractivity contribution in [3.8, 4) is 6.07 Å². The summed E-state index contributed by atoms with van der Waals surface area (Å²) in [5, 5.41) is 13.2. The minimum absolute atomic E-state index is 0.0708. The van der Waals surface area contributed by atoms with E-state index in [-0.39, 0.29) is 19.5 Å². The molecule has 7 heteroatoms. The van der Waals surface area contributed by atoms with E-state index in [1.165, 1.54) is 6.08 Å². The van der Waals surface area contributed by atoms with E-state index in [9.17, 15) is 13.2 Å². The first-order chi connectivity index (χ1) is 8.84. The van der Waals surface area contributed by atoms with Gasteiger partial charge in [-0.25, -0.2) is 0 Å². The topological polar surface area (TPSA) is 44.9 Å². The third-order valence-corrected chi connectivity index (χ3v) is 3.18. The van der Waals surface area contributed by atoms with Gasteiger partial charge in [0.15, 0.2) is 0 Å². The van der Waals surface area contributed by atoms with Crippen molar-refractivity contribution in [3.63, 3.8) is 0 Å². The Morgan fingerprint density at radius 3 is 2.58 bits per heavy atom. The molecule has 102 valence electrons. The van der Waals surface area contributed by atoms with Crippen LogP contribution < -0.4 is 4.90 Å². The molecule has 0 aromatic carbocycles. The second-order valence-electron chi connectivity index (χ2n) is 4.44. The number of aryl methyl sites for hydroxylation is 2. The Morgan fingerprint density at radius 1 is 1.42 bits per heavy atom. The lowest BCUT2D eigenvalue weighted by Gasteiger charge is -2.29. The number of anilines is 1. The van der Waals surface area contributed by atoms with Crippen molar-refractivity contribution in [1.29, 1.82) is 5.26 Å². The van der Waals surface area contributed by atoms with Gasteiger partial charge in [0.25, 0.3) is 0 Å². The normalized spacial score (nSPS) is 16.2. The lowest BCUT2D eigenvalue weighted by atomic mass is 10.1. The Bertz CT molecular complexity index is 563. The summed E-state index contributed by atoms with van der Waals surface area (Å²) in [6.45, 7) is 2.09. The van der Waals surface area contributed by atoms with E-state index in [0.29, 0.717) is 17.1 Å². The fourth-order valence-electron chi connectivity index (χ4n) is 2.26. The summed E-state index contributed by atoms with van der Waals surface area (Å²) in [5.74, 6) is 0.581. The maximum Gasteiger partial charge on any atom is 0.412 e. The molecule has 0 N–H and O–H groups in total. The molecule has 2 rings (SSSR count). The van der Waals surface area contributed by atoms with Gasteiger partial charge in [-0.3, -0.25) is 4.68 Å². The predicted octanol–water partition coefficient (Wildman–Crippen LogP) is 2.30. The van der Waals surface area contributed by atoms with Gasteiger partial charge in [-0.05, 0) is 13.3 Å². The highest BCUT2D eigenvalue weighted by molar-refractivity contribution is 5.58. The van der Waals surface area contributed by atoms with Crippen LogP contribution in [0, 0.1) is 18.3 Å². The van der Waals surface area contributed by atoms with Crippen molar-refractivity contribution in [2.24, 2.45) is 7.05 Å². The standard InChI is InChI=1S/C12H13F3N4/c1-8-10(7-16)11(18(2)17-8)19-5-3-9(4-6-19)12(13,14)15/h3H,4-6H2,1-2H3. The van der Waals surface area contributed by atoms with Gasteiger partial charge < -0.3 is 4.90 Å². The maximum absolute atomic E-state index is 12.5. The SMILES string of the molecule is Cc1nn(C)c(N2CC=C(C(F)(F)F)CC2)c1C#N. The Hall–Kier alpha value is -1.97. The van der Waals surface area contributed by atoms with Crippen LogP contribution >= 0.6 is 0 Å². The van der Waals surface area contributed by atoms with Gasteiger partial charge in [-0.2, -0.15) is 23.5 Å². The van der Waals surface area contributed by atoms with E-state index >= 15 is 0 Å². The highest BCUT2D eigenvalue weighted by Gasteiger charge is 2.35. The van der Waals surface area contributed by atoms with Gasteiger partial charge in [0.05, 0.1) is 5.69 Å². The molecule has 1 aromatic heterocycles. The summed E-state index contributed by atoms with van der Waals surface area (Å²) >= 11 is 0. The second-order valence-corrected chi connectivity index (χ2v) is 4.44. The number of nitrogens with zero attached hydrogens (tertiary/aromatic N) is 4. The molecule has 1 aliphatic rings. The molecule has 4 nitrogen and oxygen atoms in total. The van der Waals surface area contributed by atoms with Gasteiger partial charge in [0.1, 0.15) is 17.5 Å². The van der Waals surface area contributed by atoms with E-state index in [0.717, 1.165) is 0 Å². The Kier molecular flexibility index (Phi) is 3.27. The molecule has 0 atom stereocenters. The average molecular weight is 270 g/mol. The highest BCUT2D eigenvalue weighted by atomic mass is 19.4. The molecule has 0 spiro atoms. The van der Waals surface area contributed by atoms with Crippen molar-refractivity contribution in [2.45, 2.75) is 19.5 Å². The fourth-order valence-corrected chi connectivity index (χ4v) is 2.26. The molecule has 0 radical (unpaired) electrons. The lowest BCUT2D eigenvalue weighted by molar-refractivity contribution is -0.0944. The number of halogens is 3. The first-order valence-electron chi connectivity index (χ1n) is 5.79. The molecule has 19 heavy (non-hydrogen) atoms. The lowest BCUT2D eigenvalue weighted by Crippen LogP contribution is -2.33. The van der Waals surface area contributed by atoms with Crippen molar-refractivity contribution < 1.29 is 13.2 Å². The first-order valence-corrected chi connectivity index (χ1v) is 5.79. The second kappa shape index (κ2) is 4.61. The molecule has 2 heterocycles. The van der Waals surface area contributed by atoms with Gasteiger partial charge in [-0.1, -0.05) is 6.08 Å². The largest absolute Gasteiger partial charge is 0.412 e. The summed E-state index contributed by atoms with van der Waals surface area (Å²) in [7, 11) is 1.69. The Balaban J connectivity index is 2.28. The summed E-state index contributed by atoms with van der Waals surface area (Å²) < 4.78 is 39.2. The van der Waals surface area contributed by atoms with Crippen LogP contribution in [0.15, 0.2) is 11.6 Å². The third-order valence-electron chi connectivity index (χ3n) is 3.18. The average Bonchev–Trinajstić information content (AvgIpc) is 2.62. The molecular formula is C12H13F3N4. The molecule has 0 saturated carbocycles. The van der Waals surface area contributed by atoms with Crippen LogP contribution in [0.4, 0.5) is 19.0 Å². The van der Waals surface area contributed by atoms with Crippen molar-refractivity contribution in [2.75, 3.05) is 18.0 Å². The molecule has 0 amide bonds. The Morgan fingerprint density at radius 2 is 2.11 bits per heavy atom. The van der Waals surface area contributed by atoms with Crippen molar-refractivity contribution in [3.05, 3.63) is 22.9 Å². The van der Waals surface area contributed by atoms with Crippen LogP contribution in [-0.4, -0.2) is 29.0 Å². The van der Waals surface area contributed by atoms with Crippen LogP contribution in [-0.2, 0) is 7.05 Å². The number of aromatic nitrogens is 2. The molecular weight excluding hydrogens is 257 g/mol. The van der Waals surface area contributed by atoms with E-state index in [2.05, 4.69) is 11.2 Å². The molecule has 0 saturated heterocycles. The number of rotatable bonds is 1. The van der Waals surface area contributed by atoms with Gasteiger partial charge >= 0.3 is 6.18 Å². The van der Waals surface area contributed by atoms with E-state index in [1.54, 1.807) is 23.6 Å². The van der Waals surface area contributed by atoms with Crippen LogP contribution in [0.1, 0.15) is 17.7 Å². The number of hydrogen-bond acceptors (Lipinski definition) is 3. The van der Waals surface area contributed by atoms with E-state index in [4.69, 9.17) is 5.26 Å². The Labute approximate surface area is 108 Å². The smallest absolute Gasteiger partial charge is 0.352 e. The molecule has 0 aliphatic carbocycles. The maximum atomic E-state index is 12.5. The fraction of sp³-hybridized carbons (Fsp3) is 0.500. The van der Waals surface area contributed by atoms with Gasteiger partial charge in [0, 0.05) is 25.7 Å². The van der Waals surface area contributed by atoms with E-state index < -0.39 is 11.7 Å². The summed E-state index contributed by atoms with van der Waals surface area (Å²) in [4.78, 5) is 1.74. The van der Waals surface area contributed by atoms with Crippen molar-refractivity contribution in [1.82, 2.24) is 9.78 Å². The summed E-state index contributed by atoms with van der Waals surface area (Å²) in [6, 6.07) is 2.06. The zero-order valence-corrected chi connectivity index (χ0v) is 10.6. The van der Waals surface area contributed by atoms with Crippen LogP contribution in [0.3, 0.4) is 0 Å². The summed E-state index contributed by atoms with van der Waals surface area (Å²) in [5.41, 5.74) is 0.512. The molecule has 0 bridgehead atoms. The van der Waals surface area contributed by atoms with Crippen LogP contribution in [0.2, 0.25) is 0 Å². The molecule has 0 fully saturated rings. The zero-order valence-electron chi connectivity index (χ0n) is 10.6. The first kappa shape index (κ1) is 13.5. The zero-order chi connectivity index (χ0) is 14.2. The van der Waals surface area contributed by atoms with Crippen LogP contribution in [0.25, 0.3) is 0 Å². The van der Waals surface area contributed by atoms with Crippen molar-refractivity contribution >= 4 is 5.82 Å². The third kappa shape index (κ3) is 2.43. The minimum Gasteiger partial charge on any atom is -0.352 e. The van der Waals surface area contributed by atoms with Gasteiger partial charge in [-0.15, -0.1) is 0 Å². The van der Waals surface area contributed by atoms with E-state index in [1.807, 2.05) is 0 Å². The predicted molar refractivity (Wildman–Crippen MR) is 63.6 cm³/mol. The molecule has 1 aliphatic heterocycles. The summed E-state index contributed by atoms with van der Waals surface area (Å²) in [6.07, 6.45) is -3.15. The van der Waals surface area contributed by atoms with Crippen LogP contribution in [0.5, 0.6) is 0 Å². The molecule has 0 unspecified atom stereocenters. The number of nitriles is 1. The number of hydrogen-bond donors (Lipinski definition) is 0. The molecule has 1 aromatic rings. The van der Waals surface area contributed by atoms with Gasteiger partial charge in [0.2, 0.25) is 0 Å².